The van der Waals surface area contributed by atoms with Gasteiger partial charge in [-0.25, -0.2) is 8.78 Å². The molecular formula is C6F2I4. The van der Waals surface area contributed by atoms with Gasteiger partial charge in [0.15, 0.2) is 11.6 Å². The van der Waals surface area contributed by atoms with Crippen LogP contribution in [0.15, 0.2) is 0 Å². The van der Waals surface area contributed by atoms with Crippen molar-refractivity contribution in [3.63, 3.8) is 0 Å². The van der Waals surface area contributed by atoms with Gasteiger partial charge in [0.05, 0.1) is 14.3 Å². The van der Waals surface area contributed by atoms with E-state index in [1.807, 2.05) is 0 Å². The second-order valence-corrected chi connectivity index (χ2v) is 6.20. The van der Waals surface area contributed by atoms with E-state index in [1.165, 1.54) is 0 Å². The van der Waals surface area contributed by atoms with Crippen LogP contribution in [0.25, 0.3) is 0 Å². The number of halogens is 6. The molecule has 1 rings (SSSR count). The summed E-state index contributed by atoms with van der Waals surface area (Å²) in [7, 11) is 0. The van der Waals surface area contributed by atoms with E-state index in [2.05, 4.69) is 0 Å². The quantitative estimate of drug-likeness (QED) is 0.231. The predicted octanol–water partition coefficient (Wildman–Crippen LogP) is 4.38. The molecule has 66 valence electrons. The van der Waals surface area contributed by atoms with Crippen LogP contribution in [0.4, 0.5) is 8.78 Å². The van der Waals surface area contributed by atoms with Gasteiger partial charge in [-0.3, -0.25) is 0 Å². The summed E-state index contributed by atoms with van der Waals surface area (Å²) >= 11 is 7.22. The summed E-state index contributed by atoms with van der Waals surface area (Å²) < 4.78 is 27.9. The van der Waals surface area contributed by atoms with Crippen LogP contribution in [0.5, 0.6) is 0 Å². The van der Waals surface area contributed by atoms with Gasteiger partial charge in [-0.1, -0.05) is 0 Å². The fourth-order valence-corrected chi connectivity index (χ4v) is 3.64. The molecule has 0 heterocycles. The van der Waals surface area contributed by atoms with Crippen molar-refractivity contribution in [1.82, 2.24) is 0 Å². The van der Waals surface area contributed by atoms with Crippen molar-refractivity contribution in [2.45, 2.75) is 0 Å². The Morgan fingerprint density at radius 2 is 0.750 bits per heavy atom. The van der Waals surface area contributed by atoms with E-state index in [-0.39, 0.29) is 11.6 Å². The SMILES string of the molecule is Fc1c(I)c(I)c(F)c(I)c1I. The minimum atomic E-state index is -0.327. The zero-order valence-electron chi connectivity index (χ0n) is 5.27. The van der Waals surface area contributed by atoms with Crippen molar-refractivity contribution >= 4 is 90.4 Å². The van der Waals surface area contributed by atoms with Crippen molar-refractivity contribution in [1.29, 1.82) is 0 Å². The van der Waals surface area contributed by atoms with Crippen LogP contribution in [-0.2, 0) is 0 Å². The van der Waals surface area contributed by atoms with E-state index in [4.69, 9.17) is 0 Å². The number of benzene rings is 1. The van der Waals surface area contributed by atoms with Crippen LogP contribution in [0.3, 0.4) is 0 Å². The molecule has 0 aromatic heterocycles. The third-order valence-electron chi connectivity index (χ3n) is 1.16. The highest BCUT2D eigenvalue weighted by Crippen LogP contribution is 2.30. The summed E-state index contributed by atoms with van der Waals surface area (Å²) in [6, 6.07) is 0. The lowest BCUT2D eigenvalue weighted by atomic mass is 10.3. The second kappa shape index (κ2) is 4.68. The number of hydrogen-bond acceptors (Lipinski definition) is 0. The molecule has 0 unspecified atom stereocenters. The first-order valence-electron chi connectivity index (χ1n) is 2.63. The monoisotopic (exact) mass is 618 g/mol. The fourth-order valence-electron chi connectivity index (χ4n) is 0.578. The molecule has 0 amide bonds. The third-order valence-corrected chi connectivity index (χ3v) is 7.27. The largest absolute Gasteiger partial charge is 0.205 e. The van der Waals surface area contributed by atoms with Gasteiger partial charge < -0.3 is 0 Å². The Kier molecular flexibility index (Phi) is 4.71. The van der Waals surface area contributed by atoms with Crippen LogP contribution >= 0.6 is 90.4 Å². The molecule has 0 aliphatic rings. The molecule has 0 aliphatic heterocycles. The second-order valence-electron chi connectivity index (χ2n) is 1.88. The van der Waals surface area contributed by atoms with Crippen molar-refractivity contribution in [2.24, 2.45) is 0 Å². The fraction of sp³-hybridized carbons (Fsp3) is 0. The van der Waals surface area contributed by atoms with Crippen molar-refractivity contribution in [3.05, 3.63) is 25.9 Å². The molecule has 0 fully saturated rings. The predicted molar refractivity (Wildman–Crippen MR) is 77.2 cm³/mol. The van der Waals surface area contributed by atoms with Gasteiger partial charge in [0.1, 0.15) is 0 Å². The molecule has 0 bridgehead atoms. The summed E-state index contributed by atoms with van der Waals surface area (Å²) in [5.41, 5.74) is 0. The van der Waals surface area contributed by atoms with Gasteiger partial charge >= 0.3 is 0 Å². The lowest BCUT2D eigenvalue weighted by molar-refractivity contribution is 0.574. The van der Waals surface area contributed by atoms with Gasteiger partial charge in [-0.05, 0) is 90.4 Å². The van der Waals surface area contributed by atoms with Crippen LogP contribution < -0.4 is 0 Å². The molecule has 0 spiro atoms. The minimum Gasteiger partial charge on any atom is -0.205 e. The zero-order valence-corrected chi connectivity index (χ0v) is 13.9. The Balaban J connectivity index is 3.60. The normalized spacial score (nSPS) is 10.5. The van der Waals surface area contributed by atoms with Crippen molar-refractivity contribution in [3.8, 4) is 0 Å². The van der Waals surface area contributed by atoms with E-state index in [1.54, 1.807) is 90.4 Å². The maximum Gasteiger partial charge on any atom is 0.152 e. The Labute approximate surface area is 123 Å². The lowest BCUT2D eigenvalue weighted by Gasteiger charge is -2.05. The molecule has 1 aromatic carbocycles. The van der Waals surface area contributed by atoms with Crippen LogP contribution in [0.2, 0.25) is 0 Å². The highest BCUT2D eigenvalue weighted by atomic mass is 127. The molecule has 0 atom stereocenters. The smallest absolute Gasteiger partial charge is 0.152 e. The minimum absolute atomic E-state index is 0.327. The van der Waals surface area contributed by atoms with Crippen LogP contribution in [0, 0.1) is 25.9 Å². The number of rotatable bonds is 0. The van der Waals surface area contributed by atoms with E-state index in [0.717, 1.165) is 0 Å². The topological polar surface area (TPSA) is 0 Å². The summed E-state index contributed by atoms with van der Waals surface area (Å²) in [4.78, 5) is 0. The molecule has 0 saturated carbocycles. The van der Waals surface area contributed by atoms with E-state index in [9.17, 15) is 8.78 Å². The average Bonchev–Trinajstić information content (AvgIpc) is 2.08. The molecule has 0 nitrogen and oxygen atoms in total. The Morgan fingerprint density at radius 1 is 0.583 bits per heavy atom. The lowest BCUT2D eigenvalue weighted by Crippen LogP contribution is -2.00. The molecule has 12 heavy (non-hydrogen) atoms. The zero-order chi connectivity index (χ0) is 9.46. The van der Waals surface area contributed by atoms with Gasteiger partial charge in [-0.2, -0.15) is 0 Å². The number of hydrogen-bond donors (Lipinski definition) is 0. The first-order valence-corrected chi connectivity index (χ1v) is 6.95. The first kappa shape index (κ1) is 12.1. The van der Waals surface area contributed by atoms with Gasteiger partial charge in [-0.15, -0.1) is 0 Å². The molecule has 6 heteroatoms. The molecule has 0 aliphatic carbocycles. The van der Waals surface area contributed by atoms with Gasteiger partial charge in [0.25, 0.3) is 0 Å². The summed E-state index contributed by atoms with van der Waals surface area (Å²) in [5, 5.41) is 0. The van der Waals surface area contributed by atoms with Crippen molar-refractivity contribution in [2.75, 3.05) is 0 Å². The Hall–Kier alpha value is 2.00. The Morgan fingerprint density at radius 3 is 0.917 bits per heavy atom. The molecule has 0 saturated heterocycles. The molecule has 0 radical (unpaired) electrons. The van der Waals surface area contributed by atoms with Crippen molar-refractivity contribution < 1.29 is 8.78 Å². The van der Waals surface area contributed by atoms with Crippen LogP contribution in [-0.4, -0.2) is 0 Å². The molecule has 1 aromatic rings. The molecular weight excluding hydrogens is 618 g/mol. The third kappa shape index (κ3) is 2.15. The maximum absolute atomic E-state index is 13.2. The van der Waals surface area contributed by atoms with E-state index >= 15 is 0 Å². The molecule has 0 N–H and O–H groups in total. The highest BCUT2D eigenvalue weighted by molar-refractivity contribution is 14.1. The first-order chi connectivity index (χ1) is 5.46. The van der Waals surface area contributed by atoms with E-state index in [0.29, 0.717) is 14.3 Å². The maximum atomic E-state index is 13.2. The highest BCUT2D eigenvalue weighted by Gasteiger charge is 2.18. The summed E-state index contributed by atoms with van der Waals surface area (Å²) in [6.45, 7) is 0. The average molecular weight is 618 g/mol. The van der Waals surface area contributed by atoms with Gasteiger partial charge in [0, 0.05) is 0 Å². The van der Waals surface area contributed by atoms with E-state index < -0.39 is 0 Å². The van der Waals surface area contributed by atoms with Gasteiger partial charge in [0.2, 0.25) is 0 Å². The summed E-state index contributed by atoms with van der Waals surface area (Å²) in [6.07, 6.45) is 0. The Bertz CT molecular complexity index is 232. The standard InChI is InChI=1S/C6F2I4/c7-1-3(9)5(11)2(8)6(12)4(1)10. The summed E-state index contributed by atoms with van der Waals surface area (Å²) in [5.74, 6) is -0.655. The van der Waals surface area contributed by atoms with Crippen LogP contribution in [0.1, 0.15) is 0 Å².